The molecule has 0 N–H and O–H groups in total. The summed E-state index contributed by atoms with van der Waals surface area (Å²) in [6.07, 6.45) is 0. The van der Waals surface area contributed by atoms with Crippen molar-refractivity contribution < 1.29 is 4.42 Å². The largest absolute Gasteiger partial charge is 0.455 e. The molecule has 0 fully saturated rings. The first-order chi connectivity index (χ1) is 24.3. The van der Waals surface area contributed by atoms with Crippen molar-refractivity contribution in [2.45, 2.75) is 32.4 Å². The van der Waals surface area contributed by atoms with E-state index >= 15 is 0 Å². The second-order valence-electron chi connectivity index (χ2n) is 15.0. The Labute approximate surface area is 294 Å². The smallest absolute Gasteiger partial charge is 0.143 e. The Hall–Kier alpha value is -5.64. The Balaban J connectivity index is 1.18. The zero-order valence-electron chi connectivity index (χ0n) is 28.8. The van der Waals surface area contributed by atoms with E-state index in [2.05, 4.69) is 184 Å². The first kappa shape index (κ1) is 29.3. The van der Waals surface area contributed by atoms with Crippen LogP contribution in [0.25, 0.3) is 55.3 Å². The van der Waals surface area contributed by atoms with E-state index in [0.29, 0.717) is 0 Å². The zero-order valence-corrected chi connectivity index (χ0v) is 29.8. The van der Waals surface area contributed by atoms with Gasteiger partial charge >= 0.3 is 0 Å². The Morgan fingerprint density at radius 2 is 1.18 bits per heavy atom. The van der Waals surface area contributed by atoms with Gasteiger partial charge in [-0.25, -0.2) is 0 Å². The summed E-state index contributed by atoms with van der Waals surface area (Å²) in [6, 6.07) is 55.9. The average Bonchev–Trinajstić information content (AvgIpc) is 3.72. The lowest BCUT2D eigenvalue weighted by Crippen LogP contribution is -2.49. The van der Waals surface area contributed by atoms with E-state index in [-0.39, 0.29) is 5.41 Å². The summed E-state index contributed by atoms with van der Waals surface area (Å²) in [5.74, 6) is 0. The summed E-state index contributed by atoms with van der Waals surface area (Å²) in [5, 5.41) is 5.28. The quantitative estimate of drug-likeness (QED) is 0.175. The predicted octanol–water partition coefficient (Wildman–Crippen LogP) is 11.8. The van der Waals surface area contributed by atoms with Crippen molar-refractivity contribution in [3.63, 3.8) is 0 Å². The average molecular weight is 660 g/mol. The molecule has 0 bridgehead atoms. The molecule has 0 unspecified atom stereocenters. The van der Waals surface area contributed by atoms with Gasteiger partial charge in [-0.2, -0.15) is 0 Å². The maximum atomic E-state index is 6.62. The third kappa shape index (κ3) is 4.07. The van der Waals surface area contributed by atoms with Gasteiger partial charge in [0, 0.05) is 38.8 Å². The molecule has 50 heavy (non-hydrogen) atoms. The lowest BCUT2D eigenvalue weighted by molar-refractivity contribution is 0.660. The van der Waals surface area contributed by atoms with Crippen LogP contribution in [-0.4, -0.2) is 8.07 Å². The standard InChI is InChI=1S/C47H37NOSi/c1-47(2)40-19-10-8-17-35(40)36-23-21-33(28-41(36)47)48(32-16-12-15-31(27-32)30-13-6-5-7-14-30)34-22-24-39-44(29-34)50(3,4)43-26-25-38-37-18-9-11-20-42(37)49-46(38)45(39)43/h5-29H,1-4H3. The van der Waals surface area contributed by atoms with E-state index in [1.807, 2.05) is 0 Å². The fourth-order valence-electron chi connectivity index (χ4n) is 8.86. The molecule has 2 aliphatic rings. The molecule has 2 heterocycles. The molecule has 0 atom stereocenters. The molecule has 0 amide bonds. The van der Waals surface area contributed by atoms with Gasteiger partial charge in [0.2, 0.25) is 0 Å². The predicted molar refractivity (Wildman–Crippen MR) is 214 cm³/mol. The van der Waals surface area contributed by atoms with Gasteiger partial charge in [-0.1, -0.05) is 136 Å². The third-order valence-corrected chi connectivity index (χ3v) is 15.0. The minimum absolute atomic E-state index is 0.0913. The molecule has 10 rings (SSSR count). The van der Waals surface area contributed by atoms with Crippen molar-refractivity contribution in [3.05, 3.63) is 163 Å². The normalized spacial score (nSPS) is 14.7. The number of furan rings is 1. The third-order valence-electron chi connectivity index (χ3n) is 11.5. The first-order valence-electron chi connectivity index (χ1n) is 17.6. The number of benzene rings is 7. The molecule has 0 saturated carbocycles. The molecule has 1 aromatic heterocycles. The highest BCUT2D eigenvalue weighted by molar-refractivity contribution is 7.04. The molecule has 7 aromatic carbocycles. The number of fused-ring (bicyclic) bond motifs is 10. The molecule has 1 aliphatic heterocycles. The van der Waals surface area contributed by atoms with Gasteiger partial charge in [0.25, 0.3) is 0 Å². The molecular weight excluding hydrogens is 623 g/mol. The summed E-state index contributed by atoms with van der Waals surface area (Å²) >= 11 is 0. The van der Waals surface area contributed by atoms with Crippen molar-refractivity contribution in [2.24, 2.45) is 0 Å². The van der Waals surface area contributed by atoms with Crippen molar-refractivity contribution in [3.8, 4) is 33.4 Å². The van der Waals surface area contributed by atoms with Crippen LogP contribution in [0.2, 0.25) is 13.1 Å². The zero-order chi connectivity index (χ0) is 33.8. The van der Waals surface area contributed by atoms with Crippen molar-refractivity contribution in [1.82, 2.24) is 0 Å². The van der Waals surface area contributed by atoms with E-state index in [0.717, 1.165) is 16.9 Å². The lowest BCUT2D eigenvalue weighted by atomic mass is 9.82. The SMILES string of the molecule is CC1(C)c2ccccc2-c2ccc(N(c3cccc(-c4ccccc4)c3)c3ccc4c(c3)[Si](C)(C)c3ccc5c(oc6ccccc65)c3-4)cc21. The molecule has 0 radical (unpaired) electrons. The van der Waals surface area contributed by atoms with Crippen LogP contribution in [0.3, 0.4) is 0 Å². The van der Waals surface area contributed by atoms with Gasteiger partial charge in [-0.15, -0.1) is 0 Å². The Morgan fingerprint density at radius 1 is 0.500 bits per heavy atom. The van der Waals surface area contributed by atoms with Gasteiger partial charge in [-0.3, -0.25) is 0 Å². The topological polar surface area (TPSA) is 16.4 Å². The molecule has 0 saturated heterocycles. The summed E-state index contributed by atoms with van der Waals surface area (Å²) in [7, 11) is -2.06. The highest BCUT2D eigenvalue weighted by Crippen LogP contribution is 2.51. The monoisotopic (exact) mass is 659 g/mol. The molecule has 8 aromatic rings. The first-order valence-corrected chi connectivity index (χ1v) is 20.6. The van der Waals surface area contributed by atoms with Crippen LogP contribution in [0, 0.1) is 0 Å². The Morgan fingerprint density at radius 3 is 2.04 bits per heavy atom. The van der Waals surface area contributed by atoms with Crippen molar-refractivity contribution in [2.75, 3.05) is 4.90 Å². The molecule has 1 aliphatic carbocycles. The summed E-state index contributed by atoms with van der Waals surface area (Å²) in [4.78, 5) is 2.47. The van der Waals surface area contributed by atoms with Crippen LogP contribution >= 0.6 is 0 Å². The summed E-state index contributed by atoms with van der Waals surface area (Å²) in [6.45, 7) is 9.71. The van der Waals surface area contributed by atoms with Crippen LogP contribution in [-0.2, 0) is 5.41 Å². The van der Waals surface area contributed by atoms with Gasteiger partial charge < -0.3 is 9.32 Å². The van der Waals surface area contributed by atoms with Gasteiger partial charge in [0.15, 0.2) is 0 Å². The van der Waals surface area contributed by atoms with E-state index < -0.39 is 8.07 Å². The number of nitrogens with zero attached hydrogens (tertiary/aromatic N) is 1. The molecule has 2 nitrogen and oxygen atoms in total. The maximum absolute atomic E-state index is 6.62. The van der Waals surface area contributed by atoms with E-state index in [1.54, 1.807) is 0 Å². The van der Waals surface area contributed by atoms with Crippen LogP contribution in [0.15, 0.2) is 156 Å². The molecule has 0 spiro atoms. The van der Waals surface area contributed by atoms with Crippen LogP contribution in [0.4, 0.5) is 17.1 Å². The highest BCUT2D eigenvalue weighted by Gasteiger charge is 2.40. The van der Waals surface area contributed by atoms with Crippen molar-refractivity contribution >= 4 is 57.4 Å². The van der Waals surface area contributed by atoms with Crippen LogP contribution < -0.4 is 15.3 Å². The second-order valence-corrected chi connectivity index (χ2v) is 19.3. The van der Waals surface area contributed by atoms with Crippen LogP contribution in [0.5, 0.6) is 0 Å². The van der Waals surface area contributed by atoms with E-state index in [9.17, 15) is 0 Å². The number of anilines is 3. The minimum atomic E-state index is -2.06. The van der Waals surface area contributed by atoms with E-state index in [1.165, 1.54) is 77.0 Å². The fraction of sp³-hybridized carbons (Fsp3) is 0.106. The number of hydrogen-bond acceptors (Lipinski definition) is 2. The van der Waals surface area contributed by atoms with Gasteiger partial charge in [-0.05, 0) is 91.8 Å². The summed E-state index contributed by atoms with van der Waals surface area (Å²) in [5.41, 5.74) is 15.8. The van der Waals surface area contributed by atoms with Crippen LogP contribution in [0.1, 0.15) is 25.0 Å². The lowest BCUT2D eigenvalue weighted by Gasteiger charge is -2.29. The Bertz CT molecular complexity index is 2660. The second kappa shape index (κ2) is 10.4. The molecular formula is C47H37NOSi. The van der Waals surface area contributed by atoms with Crippen molar-refractivity contribution in [1.29, 1.82) is 0 Å². The highest BCUT2D eigenvalue weighted by atomic mass is 28.3. The fourth-order valence-corrected chi connectivity index (χ4v) is 11.9. The van der Waals surface area contributed by atoms with Gasteiger partial charge in [0.1, 0.15) is 19.2 Å². The number of para-hydroxylation sites is 1. The van der Waals surface area contributed by atoms with Gasteiger partial charge in [0.05, 0.1) is 0 Å². The van der Waals surface area contributed by atoms with E-state index in [4.69, 9.17) is 4.42 Å². The minimum Gasteiger partial charge on any atom is -0.455 e. The number of rotatable bonds is 4. The Kier molecular flexibility index (Phi) is 6.11. The molecule has 3 heteroatoms. The molecule has 240 valence electrons. The number of hydrogen-bond donors (Lipinski definition) is 0. The maximum Gasteiger partial charge on any atom is 0.143 e. The summed E-state index contributed by atoms with van der Waals surface area (Å²) < 4.78 is 6.62.